The maximum absolute atomic E-state index is 12.5. The van der Waals surface area contributed by atoms with E-state index < -0.39 is 0 Å². The molecule has 1 aromatic rings. The molecule has 3 heteroatoms. The highest BCUT2D eigenvalue weighted by Crippen LogP contribution is 2.15. The van der Waals surface area contributed by atoms with Gasteiger partial charge in [-0.3, -0.25) is 4.79 Å². The van der Waals surface area contributed by atoms with Gasteiger partial charge in [-0.1, -0.05) is 44.2 Å². The average molecular weight is 276 g/mol. The van der Waals surface area contributed by atoms with Crippen molar-refractivity contribution in [3.8, 4) is 0 Å². The number of benzene rings is 1. The van der Waals surface area contributed by atoms with Crippen molar-refractivity contribution in [3.63, 3.8) is 0 Å². The zero-order valence-corrected chi connectivity index (χ0v) is 13.2. The normalized spacial score (nSPS) is 14.1. The van der Waals surface area contributed by atoms with Crippen LogP contribution in [0.5, 0.6) is 0 Å². The average Bonchev–Trinajstić information content (AvgIpc) is 2.43. The van der Waals surface area contributed by atoms with Crippen LogP contribution in [-0.4, -0.2) is 30.4 Å². The topological polar surface area (TPSA) is 46.3 Å². The van der Waals surface area contributed by atoms with Gasteiger partial charge in [0, 0.05) is 19.6 Å². The van der Waals surface area contributed by atoms with E-state index in [2.05, 4.69) is 20.8 Å². The summed E-state index contributed by atoms with van der Waals surface area (Å²) < 4.78 is 0. The first-order chi connectivity index (χ1) is 9.45. The standard InChI is InChI=1S/C17H28N2O/c1-13(2)10-14(3)19(4)17(20)16(12-18)11-15-8-6-5-7-9-15/h5-9,13-14,16H,10-12,18H2,1-4H3. The highest BCUT2D eigenvalue weighted by Gasteiger charge is 2.24. The lowest BCUT2D eigenvalue weighted by Gasteiger charge is -2.29. The van der Waals surface area contributed by atoms with Gasteiger partial charge >= 0.3 is 0 Å². The van der Waals surface area contributed by atoms with Crippen molar-refractivity contribution in [2.24, 2.45) is 17.6 Å². The molecular formula is C17H28N2O. The Morgan fingerprint density at radius 1 is 1.20 bits per heavy atom. The molecule has 0 heterocycles. The molecule has 0 aliphatic carbocycles. The fraction of sp³-hybridized carbons (Fsp3) is 0.588. The molecule has 1 amide bonds. The first-order valence-electron chi connectivity index (χ1n) is 7.46. The van der Waals surface area contributed by atoms with Crippen molar-refractivity contribution in [2.75, 3.05) is 13.6 Å². The molecule has 0 aliphatic heterocycles. The molecule has 1 rings (SSSR count). The lowest BCUT2D eigenvalue weighted by Crippen LogP contribution is -2.42. The molecule has 0 saturated heterocycles. The van der Waals surface area contributed by atoms with E-state index in [4.69, 9.17) is 5.73 Å². The van der Waals surface area contributed by atoms with Crippen molar-refractivity contribution in [1.29, 1.82) is 0 Å². The summed E-state index contributed by atoms with van der Waals surface area (Å²) in [4.78, 5) is 14.4. The van der Waals surface area contributed by atoms with Crippen LogP contribution in [0.3, 0.4) is 0 Å². The van der Waals surface area contributed by atoms with Gasteiger partial charge in [0.25, 0.3) is 0 Å². The van der Waals surface area contributed by atoms with Crippen molar-refractivity contribution in [3.05, 3.63) is 35.9 Å². The Hall–Kier alpha value is -1.35. The number of amides is 1. The molecule has 2 atom stereocenters. The zero-order chi connectivity index (χ0) is 15.1. The first-order valence-corrected chi connectivity index (χ1v) is 7.46. The van der Waals surface area contributed by atoms with Gasteiger partial charge in [0.15, 0.2) is 0 Å². The summed E-state index contributed by atoms with van der Waals surface area (Å²) in [6.07, 6.45) is 1.74. The van der Waals surface area contributed by atoms with Crippen LogP contribution in [0, 0.1) is 11.8 Å². The fourth-order valence-electron chi connectivity index (χ4n) is 2.52. The van der Waals surface area contributed by atoms with Gasteiger partial charge in [-0.25, -0.2) is 0 Å². The third-order valence-electron chi connectivity index (χ3n) is 3.78. The second-order valence-electron chi connectivity index (χ2n) is 6.05. The van der Waals surface area contributed by atoms with E-state index in [9.17, 15) is 4.79 Å². The third kappa shape index (κ3) is 4.97. The number of nitrogens with zero attached hydrogens (tertiary/aromatic N) is 1. The second kappa shape index (κ2) is 8.05. The maximum atomic E-state index is 12.5. The molecule has 20 heavy (non-hydrogen) atoms. The van der Waals surface area contributed by atoms with Gasteiger partial charge < -0.3 is 10.6 Å². The predicted octanol–water partition coefficient (Wildman–Crippen LogP) is 2.70. The Balaban J connectivity index is 2.66. The monoisotopic (exact) mass is 276 g/mol. The van der Waals surface area contributed by atoms with Gasteiger partial charge in [-0.05, 0) is 31.2 Å². The van der Waals surface area contributed by atoms with E-state index in [1.165, 1.54) is 5.56 Å². The Morgan fingerprint density at radius 2 is 1.80 bits per heavy atom. The molecule has 0 aliphatic rings. The largest absolute Gasteiger partial charge is 0.343 e. The minimum Gasteiger partial charge on any atom is -0.343 e. The fourth-order valence-corrected chi connectivity index (χ4v) is 2.52. The van der Waals surface area contributed by atoms with Gasteiger partial charge in [-0.15, -0.1) is 0 Å². The molecule has 3 nitrogen and oxygen atoms in total. The van der Waals surface area contributed by atoms with Crippen molar-refractivity contribution >= 4 is 5.91 Å². The highest BCUT2D eigenvalue weighted by molar-refractivity contribution is 5.79. The first kappa shape index (κ1) is 16.7. The van der Waals surface area contributed by atoms with Gasteiger partial charge in [0.2, 0.25) is 5.91 Å². The van der Waals surface area contributed by atoms with E-state index >= 15 is 0 Å². The van der Waals surface area contributed by atoms with Gasteiger partial charge in [0.05, 0.1) is 5.92 Å². The van der Waals surface area contributed by atoms with Crippen molar-refractivity contribution in [2.45, 2.75) is 39.7 Å². The molecule has 0 saturated carbocycles. The molecular weight excluding hydrogens is 248 g/mol. The summed E-state index contributed by atoms with van der Waals surface area (Å²) in [5.41, 5.74) is 6.98. The quantitative estimate of drug-likeness (QED) is 0.832. The summed E-state index contributed by atoms with van der Waals surface area (Å²) in [6, 6.07) is 10.3. The number of hydrogen-bond donors (Lipinski definition) is 1. The third-order valence-corrected chi connectivity index (χ3v) is 3.78. The van der Waals surface area contributed by atoms with E-state index in [0.29, 0.717) is 12.5 Å². The Bertz CT molecular complexity index is 403. The lowest BCUT2D eigenvalue weighted by molar-refractivity contribution is -0.135. The Morgan fingerprint density at radius 3 is 2.30 bits per heavy atom. The summed E-state index contributed by atoms with van der Waals surface area (Å²) >= 11 is 0. The van der Waals surface area contributed by atoms with Crippen LogP contribution in [-0.2, 0) is 11.2 Å². The van der Waals surface area contributed by atoms with E-state index in [-0.39, 0.29) is 17.9 Å². The Kier molecular flexibility index (Phi) is 6.73. The van der Waals surface area contributed by atoms with E-state index in [1.807, 2.05) is 42.3 Å². The second-order valence-corrected chi connectivity index (χ2v) is 6.05. The summed E-state index contributed by atoms with van der Waals surface area (Å²) in [7, 11) is 1.89. The molecule has 0 radical (unpaired) electrons. The molecule has 2 N–H and O–H groups in total. The molecule has 0 aromatic heterocycles. The maximum Gasteiger partial charge on any atom is 0.227 e. The van der Waals surface area contributed by atoms with Crippen LogP contribution in [0.2, 0.25) is 0 Å². The minimum atomic E-state index is -0.128. The van der Waals surface area contributed by atoms with Crippen LogP contribution in [0.4, 0.5) is 0 Å². The molecule has 0 fully saturated rings. The van der Waals surface area contributed by atoms with E-state index in [1.54, 1.807) is 0 Å². The van der Waals surface area contributed by atoms with Crippen LogP contribution >= 0.6 is 0 Å². The molecule has 1 aromatic carbocycles. The predicted molar refractivity (Wildman–Crippen MR) is 84.4 cm³/mol. The number of rotatable bonds is 7. The molecule has 2 unspecified atom stereocenters. The summed E-state index contributed by atoms with van der Waals surface area (Å²) in [5, 5.41) is 0. The van der Waals surface area contributed by atoms with Crippen LogP contribution in [0.1, 0.15) is 32.8 Å². The Labute approximate surface area is 123 Å². The number of carbonyl (C=O) groups excluding carboxylic acids is 1. The van der Waals surface area contributed by atoms with Crippen LogP contribution in [0.15, 0.2) is 30.3 Å². The number of carbonyl (C=O) groups is 1. The number of nitrogens with two attached hydrogens (primary N) is 1. The molecule has 0 spiro atoms. The minimum absolute atomic E-state index is 0.128. The molecule has 0 bridgehead atoms. The zero-order valence-electron chi connectivity index (χ0n) is 13.2. The smallest absolute Gasteiger partial charge is 0.227 e. The number of hydrogen-bond acceptors (Lipinski definition) is 2. The van der Waals surface area contributed by atoms with Gasteiger partial charge in [0.1, 0.15) is 0 Å². The van der Waals surface area contributed by atoms with Crippen molar-refractivity contribution in [1.82, 2.24) is 4.90 Å². The van der Waals surface area contributed by atoms with Crippen LogP contribution in [0.25, 0.3) is 0 Å². The summed E-state index contributed by atoms with van der Waals surface area (Å²) in [5.74, 6) is 0.618. The van der Waals surface area contributed by atoms with E-state index in [0.717, 1.165) is 12.8 Å². The highest BCUT2D eigenvalue weighted by atomic mass is 16.2. The van der Waals surface area contributed by atoms with Gasteiger partial charge in [-0.2, -0.15) is 0 Å². The molecule has 112 valence electrons. The van der Waals surface area contributed by atoms with Crippen LogP contribution < -0.4 is 5.73 Å². The van der Waals surface area contributed by atoms with Crippen molar-refractivity contribution < 1.29 is 4.79 Å². The SMILES string of the molecule is CC(C)CC(C)N(C)C(=O)C(CN)Cc1ccccc1. The summed E-state index contributed by atoms with van der Waals surface area (Å²) in [6.45, 7) is 6.86. The lowest BCUT2D eigenvalue weighted by atomic mass is 9.96.